The largest absolute Gasteiger partial charge is 0.494 e. The van der Waals surface area contributed by atoms with Crippen molar-refractivity contribution in [2.24, 2.45) is 0 Å². The van der Waals surface area contributed by atoms with Crippen molar-refractivity contribution >= 4 is 29.1 Å². The molecule has 2 rings (SSSR count). The maximum Gasteiger partial charge on any atom is 0.224 e. The summed E-state index contributed by atoms with van der Waals surface area (Å²) >= 11 is 1.46. The molecule has 0 spiro atoms. The fourth-order valence-corrected chi connectivity index (χ4v) is 3.21. The zero-order valence-electron chi connectivity index (χ0n) is 15.3. The highest BCUT2D eigenvalue weighted by molar-refractivity contribution is 8.00. The molecule has 2 aromatic rings. The van der Waals surface area contributed by atoms with Gasteiger partial charge in [-0.1, -0.05) is 19.4 Å². The fourth-order valence-electron chi connectivity index (χ4n) is 2.36. The highest BCUT2D eigenvalue weighted by Crippen LogP contribution is 2.23. The first-order valence-corrected chi connectivity index (χ1v) is 9.89. The van der Waals surface area contributed by atoms with Crippen LogP contribution in [0.1, 0.15) is 43.5 Å². The van der Waals surface area contributed by atoms with E-state index in [1.807, 2.05) is 43.3 Å². The molecule has 1 amide bonds. The predicted molar refractivity (Wildman–Crippen MR) is 107 cm³/mol. The molecule has 4 nitrogen and oxygen atoms in total. The molecule has 5 heteroatoms. The van der Waals surface area contributed by atoms with E-state index in [0.717, 1.165) is 29.2 Å². The Bertz CT molecular complexity index is 728. The van der Waals surface area contributed by atoms with Crippen molar-refractivity contribution in [1.29, 1.82) is 0 Å². The van der Waals surface area contributed by atoms with Gasteiger partial charge in [0.2, 0.25) is 5.91 Å². The number of thioether (sulfide) groups is 1. The fraction of sp³-hybridized carbons (Fsp3) is 0.333. The van der Waals surface area contributed by atoms with E-state index in [4.69, 9.17) is 4.74 Å². The summed E-state index contributed by atoms with van der Waals surface area (Å²) in [4.78, 5) is 25.1. The van der Waals surface area contributed by atoms with E-state index in [9.17, 15) is 9.59 Å². The summed E-state index contributed by atoms with van der Waals surface area (Å²) in [5.41, 5.74) is 1.44. The van der Waals surface area contributed by atoms with E-state index in [-0.39, 0.29) is 11.7 Å². The Morgan fingerprint density at radius 1 is 1.08 bits per heavy atom. The lowest BCUT2D eigenvalue weighted by atomic mass is 10.1. The van der Waals surface area contributed by atoms with Gasteiger partial charge in [0.15, 0.2) is 5.78 Å². The number of Topliss-reactive ketones (excluding diaryl/α,β-unsaturated/α-hetero) is 1. The second-order valence-corrected chi connectivity index (χ2v) is 6.90. The Labute approximate surface area is 159 Å². The quantitative estimate of drug-likeness (QED) is 0.461. The van der Waals surface area contributed by atoms with E-state index < -0.39 is 0 Å². The van der Waals surface area contributed by atoms with Crippen molar-refractivity contribution in [2.75, 3.05) is 17.7 Å². The molecule has 0 saturated heterocycles. The molecule has 0 heterocycles. The number of hydrogen-bond donors (Lipinski definition) is 1. The lowest BCUT2D eigenvalue weighted by molar-refractivity contribution is -0.116. The Morgan fingerprint density at radius 3 is 2.54 bits per heavy atom. The van der Waals surface area contributed by atoms with Gasteiger partial charge in [0.05, 0.1) is 12.4 Å². The normalized spacial score (nSPS) is 10.4. The van der Waals surface area contributed by atoms with Gasteiger partial charge in [-0.15, -0.1) is 11.8 Å². The number of anilines is 1. The Balaban J connectivity index is 1.89. The molecule has 0 atom stereocenters. The van der Waals surface area contributed by atoms with Crippen LogP contribution in [0.5, 0.6) is 5.75 Å². The lowest BCUT2D eigenvalue weighted by Crippen LogP contribution is -2.10. The molecule has 0 saturated carbocycles. The average Bonchev–Trinajstić information content (AvgIpc) is 2.65. The maximum absolute atomic E-state index is 12.3. The molecule has 0 aliphatic heterocycles. The van der Waals surface area contributed by atoms with Gasteiger partial charge >= 0.3 is 0 Å². The smallest absolute Gasteiger partial charge is 0.224 e. The number of rotatable bonds is 10. The SMILES string of the molecule is CCCCC(=O)Nc1cccc(SCC(=O)c2ccc(OCC)cc2)c1. The molecule has 0 fully saturated rings. The number of benzene rings is 2. The van der Waals surface area contributed by atoms with E-state index in [0.29, 0.717) is 24.3 Å². The number of carbonyl (C=O) groups excluding carboxylic acids is 2. The first-order chi connectivity index (χ1) is 12.6. The third-order valence-corrected chi connectivity index (χ3v) is 4.73. The zero-order valence-corrected chi connectivity index (χ0v) is 16.1. The molecule has 0 aliphatic carbocycles. The van der Waals surface area contributed by atoms with Gasteiger partial charge in [-0.2, -0.15) is 0 Å². The van der Waals surface area contributed by atoms with Gasteiger partial charge in [0.25, 0.3) is 0 Å². The third-order valence-electron chi connectivity index (χ3n) is 3.73. The van der Waals surface area contributed by atoms with E-state index >= 15 is 0 Å². The van der Waals surface area contributed by atoms with Crippen LogP contribution in [0.4, 0.5) is 5.69 Å². The van der Waals surface area contributed by atoms with Crippen LogP contribution < -0.4 is 10.1 Å². The summed E-state index contributed by atoms with van der Waals surface area (Å²) in [6.45, 7) is 4.59. The van der Waals surface area contributed by atoms with Crippen molar-refractivity contribution in [2.45, 2.75) is 38.0 Å². The van der Waals surface area contributed by atoms with E-state index in [2.05, 4.69) is 12.2 Å². The predicted octanol–water partition coefficient (Wildman–Crippen LogP) is 5.19. The number of hydrogen-bond acceptors (Lipinski definition) is 4. The number of carbonyl (C=O) groups is 2. The molecule has 0 unspecified atom stereocenters. The minimum absolute atomic E-state index is 0.0273. The van der Waals surface area contributed by atoms with Crippen LogP contribution in [0, 0.1) is 0 Å². The summed E-state index contributed by atoms with van der Waals surface area (Å²) in [5, 5.41) is 2.90. The molecule has 26 heavy (non-hydrogen) atoms. The van der Waals surface area contributed by atoms with Gasteiger partial charge in [0, 0.05) is 22.6 Å². The first kappa shape index (κ1) is 20.0. The lowest BCUT2D eigenvalue weighted by Gasteiger charge is -2.07. The Hall–Kier alpha value is -2.27. The van der Waals surface area contributed by atoms with Crippen LogP contribution in [0.25, 0.3) is 0 Å². The van der Waals surface area contributed by atoms with Crippen molar-refractivity contribution < 1.29 is 14.3 Å². The maximum atomic E-state index is 12.3. The second kappa shape index (κ2) is 10.7. The van der Waals surface area contributed by atoms with E-state index in [1.165, 1.54) is 11.8 Å². The molecular formula is C21H25NO3S. The van der Waals surface area contributed by atoms with Crippen LogP contribution in [0.3, 0.4) is 0 Å². The average molecular weight is 372 g/mol. The number of unbranched alkanes of at least 4 members (excludes halogenated alkanes) is 1. The van der Waals surface area contributed by atoms with Crippen LogP contribution in [-0.2, 0) is 4.79 Å². The van der Waals surface area contributed by atoms with Gasteiger partial charge in [-0.05, 0) is 55.8 Å². The van der Waals surface area contributed by atoms with Gasteiger partial charge in [-0.3, -0.25) is 9.59 Å². The highest BCUT2D eigenvalue weighted by Gasteiger charge is 2.08. The molecule has 1 N–H and O–H groups in total. The zero-order chi connectivity index (χ0) is 18.8. The van der Waals surface area contributed by atoms with Gasteiger partial charge in [0.1, 0.15) is 5.75 Å². The second-order valence-electron chi connectivity index (χ2n) is 5.85. The van der Waals surface area contributed by atoms with E-state index in [1.54, 1.807) is 12.1 Å². The standard InChI is InChI=1S/C21H25NO3S/c1-3-5-9-21(24)22-17-7-6-8-19(14-17)26-15-20(23)16-10-12-18(13-11-16)25-4-2/h6-8,10-14H,3-5,9,15H2,1-2H3,(H,22,24). The van der Waals surface area contributed by atoms with Gasteiger partial charge in [-0.25, -0.2) is 0 Å². The summed E-state index contributed by atoms with van der Waals surface area (Å²) < 4.78 is 5.39. The van der Waals surface area contributed by atoms with Crippen LogP contribution >= 0.6 is 11.8 Å². The third kappa shape index (κ3) is 6.56. The van der Waals surface area contributed by atoms with Crippen molar-refractivity contribution in [3.8, 4) is 5.75 Å². The minimum atomic E-state index is 0.0273. The molecule has 2 aromatic carbocycles. The van der Waals surface area contributed by atoms with Gasteiger partial charge < -0.3 is 10.1 Å². The first-order valence-electron chi connectivity index (χ1n) is 8.91. The summed E-state index contributed by atoms with van der Waals surface area (Å²) in [6, 6.07) is 14.8. The highest BCUT2D eigenvalue weighted by atomic mass is 32.2. The van der Waals surface area contributed by atoms with Crippen molar-refractivity contribution in [3.05, 3.63) is 54.1 Å². The monoisotopic (exact) mass is 371 g/mol. The Morgan fingerprint density at radius 2 is 1.85 bits per heavy atom. The summed E-state index contributed by atoms with van der Waals surface area (Å²) in [7, 11) is 0. The molecule has 0 aromatic heterocycles. The van der Waals surface area contributed by atoms with Crippen molar-refractivity contribution in [3.63, 3.8) is 0 Å². The molecule has 0 aliphatic rings. The number of amides is 1. The molecule has 0 bridgehead atoms. The summed E-state index contributed by atoms with van der Waals surface area (Å²) in [5.74, 6) is 1.21. The van der Waals surface area contributed by atoms with Crippen molar-refractivity contribution in [1.82, 2.24) is 0 Å². The van der Waals surface area contributed by atoms with Crippen LogP contribution in [0.15, 0.2) is 53.4 Å². The topological polar surface area (TPSA) is 55.4 Å². The Kier molecular flexibility index (Phi) is 8.22. The molecule has 138 valence electrons. The minimum Gasteiger partial charge on any atom is -0.494 e. The number of ether oxygens (including phenoxy) is 1. The van der Waals surface area contributed by atoms with Crippen LogP contribution in [-0.4, -0.2) is 24.1 Å². The number of nitrogens with one attached hydrogen (secondary N) is 1. The number of ketones is 1. The summed E-state index contributed by atoms with van der Waals surface area (Å²) in [6.07, 6.45) is 2.41. The molecule has 0 radical (unpaired) electrons. The van der Waals surface area contributed by atoms with Crippen LogP contribution in [0.2, 0.25) is 0 Å². The molecular weight excluding hydrogens is 346 g/mol.